The van der Waals surface area contributed by atoms with Gasteiger partial charge in [0.25, 0.3) is 0 Å². The van der Waals surface area contributed by atoms with Gasteiger partial charge in [-0.2, -0.15) is 13.2 Å². The zero-order valence-corrected chi connectivity index (χ0v) is 20.9. The van der Waals surface area contributed by atoms with Gasteiger partial charge in [-0.3, -0.25) is 19.2 Å². The molecule has 1 heterocycles. The third kappa shape index (κ3) is 9.86. The van der Waals surface area contributed by atoms with E-state index in [1.165, 1.54) is 24.3 Å². The standard InChI is InChI=1S/C22H25F3N4O10/c1-11(30)35-10-16-18(36-12(2)31)19(37-13(3)32)17(28-21(33)22(23,24)25)20(39-16)38-15-6-4-14(5-7-15)34-9-8-27-29-26/h4-7,16-20H,8-10H2,1-3H3,(H,28,33)/t16-,17-,18-,19-,20-/m1/s1. The molecule has 1 aliphatic rings. The predicted octanol–water partition coefficient (Wildman–Crippen LogP) is 1.95. The number of esters is 3. The molecule has 1 aromatic rings. The molecule has 1 aromatic carbocycles. The lowest BCUT2D eigenvalue weighted by Gasteiger charge is -2.44. The Morgan fingerprint density at radius 3 is 2.13 bits per heavy atom. The number of carbonyl (C=O) groups is 4. The maximum absolute atomic E-state index is 13.2. The Morgan fingerprint density at radius 2 is 1.59 bits per heavy atom. The van der Waals surface area contributed by atoms with Gasteiger partial charge in [-0.25, -0.2) is 0 Å². The molecule has 0 spiro atoms. The molecular formula is C22H25F3N4O10. The number of carbonyl (C=O) groups excluding carboxylic acids is 4. The zero-order chi connectivity index (χ0) is 29.2. The Balaban J connectivity index is 2.42. The summed E-state index contributed by atoms with van der Waals surface area (Å²) in [5.41, 5.74) is 8.29. The smallest absolute Gasteiger partial charge is 0.471 e. The minimum absolute atomic E-state index is 0.0207. The molecule has 1 saturated heterocycles. The molecule has 5 atom stereocenters. The van der Waals surface area contributed by atoms with E-state index in [-0.39, 0.29) is 18.9 Å². The molecule has 1 aliphatic heterocycles. The maximum Gasteiger partial charge on any atom is 0.471 e. The van der Waals surface area contributed by atoms with Gasteiger partial charge in [0.2, 0.25) is 6.29 Å². The molecule has 0 aromatic heterocycles. The summed E-state index contributed by atoms with van der Waals surface area (Å²) in [6.07, 6.45) is -11.8. The van der Waals surface area contributed by atoms with E-state index in [0.717, 1.165) is 20.8 Å². The number of alkyl halides is 3. The normalized spacial score (nSPS) is 22.5. The quantitative estimate of drug-likeness (QED) is 0.104. The number of nitrogens with one attached hydrogen (secondary N) is 1. The number of rotatable bonds is 11. The van der Waals surface area contributed by atoms with Crippen LogP contribution in [-0.4, -0.2) is 80.4 Å². The van der Waals surface area contributed by atoms with Crippen LogP contribution in [0.15, 0.2) is 29.4 Å². The molecule has 14 nitrogen and oxygen atoms in total. The van der Waals surface area contributed by atoms with Crippen molar-refractivity contribution in [2.45, 2.75) is 57.6 Å². The number of halogens is 3. The van der Waals surface area contributed by atoms with Crippen LogP contribution in [0.4, 0.5) is 13.2 Å². The first-order valence-electron chi connectivity index (χ1n) is 11.2. The summed E-state index contributed by atoms with van der Waals surface area (Å²) in [7, 11) is 0. The Bertz CT molecular complexity index is 1080. The summed E-state index contributed by atoms with van der Waals surface area (Å²) < 4.78 is 71.4. The fraction of sp³-hybridized carbons (Fsp3) is 0.545. The van der Waals surface area contributed by atoms with Gasteiger partial charge in [0, 0.05) is 25.7 Å². The number of benzene rings is 1. The third-order valence-electron chi connectivity index (χ3n) is 4.86. The summed E-state index contributed by atoms with van der Waals surface area (Å²) in [6.45, 7) is 2.57. The van der Waals surface area contributed by atoms with E-state index in [1.807, 2.05) is 0 Å². The van der Waals surface area contributed by atoms with E-state index in [4.69, 9.17) is 34.0 Å². The number of azide groups is 1. The van der Waals surface area contributed by atoms with Crippen LogP contribution in [-0.2, 0) is 38.1 Å². The Kier molecular flexibility index (Phi) is 11.2. The van der Waals surface area contributed by atoms with Crippen molar-refractivity contribution < 1.29 is 60.8 Å². The highest BCUT2D eigenvalue weighted by Gasteiger charge is 2.54. The Labute approximate surface area is 219 Å². The van der Waals surface area contributed by atoms with Gasteiger partial charge in [0.05, 0.1) is 13.2 Å². The van der Waals surface area contributed by atoms with Gasteiger partial charge in [-0.1, -0.05) is 5.11 Å². The second kappa shape index (κ2) is 14.1. The van der Waals surface area contributed by atoms with Crippen molar-refractivity contribution in [3.8, 4) is 11.5 Å². The molecule has 1 N–H and O–H groups in total. The zero-order valence-electron chi connectivity index (χ0n) is 20.9. The second-order valence-corrected chi connectivity index (χ2v) is 7.88. The highest BCUT2D eigenvalue weighted by Crippen LogP contribution is 2.30. The van der Waals surface area contributed by atoms with E-state index in [1.54, 1.807) is 5.32 Å². The van der Waals surface area contributed by atoms with Crippen LogP contribution in [0.25, 0.3) is 10.4 Å². The lowest BCUT2D eigenvalue weighted by molar-refractivity contribution is -0.259. The summed E-state index contributed by atoms with van der Waals surface area (Å²) in [5, 5.41) is 4.99. The van der Waals surface area contributed by atoms with Gasteiger partial charge in [0.15, 0.2) is 12.2 Å². The van der Waals surface area contributed by atoms with Crippen molar-refractivity contribution in [1.82, 2.24) is 5.32 Å². The van der Waals surface area contributed by atoms with Crippen LogP contribution >= 0.6 is 0 Å². The van der Waals surface area contributed by atoms with Crippen LogP contribution in [0.2, 0.25) is 0 Å². The molecule has 2 rings (SSSR count). The monoisotopic (exact) mass is 562 g/mol. The predicted molar refractivity (Wildman–Crippen MR) is 121 cm³/mol. The van der Waals surface area contributed by atoms with Gasteiger partial charge in [-0.05, 0) is 29.8 Å². The van der Waals surface area contributed by atoms with Crippen molar-refractivity contribution in [1.29, 1.82) is 0 Å². The lowest BCUT2D eigenvalue weighted by Crippen LogP contribution is -2.68. The van der Waals surface area contributed by atoms with Gasteiger partial charge >= 0.3 is 30.0 Å². The summed E-state index contributed by atoms with van der Waals surface area (Å²) in [4.78, 5) is 49.5. The molecule has 1 fully saturated rings. The number of hydrogen-bond acceptors (Lipinski definition) is 11. The van der Waals surface area contributed by atoms with E-state index >= 15 is 0 Å². The fourth-order valence-electron chi connectivity index (χ4n) is 3.39. The summed E-state index contributed by atoms with van der Waals surface area (Å²) in [6, 6.07) is 3.73. The van der Waals surface area contributed by atoms with Gasteiger partial charge in [-0.15, -0.1) is 0 Å². The highest BCUT2D eigenvalue weighted by molar-refractivity contribution is 5.82. The average molecular weight is 562 g/mol. The van der Waals surface area contributed by atoms with Gasteiger partial charge < -0.3 is 33.7 Å². The molecule has 17 heteroatoms. The van der Waals surface area contributed by atoms with Crippen LogP contribution in [0.3, 0.4) is 0 Å². The lowest BCUT2D eigenvalue weighted by atomic mass is 9.96. The minimum atomic E-state index is -5.34. The molecule has 0 aliphatic carbocycles. The average Bonchev–Trinajstić information content (AvgIpc) is 2.84. The van der Waals surface area contributed by atoms with Crippen LogP contribution in [0, 0.1) is 0 Å². The molecule has 0 radical (unpaired) electrons. The van der Waals surface area contributed by atoms with Crippen LogP contribution < -0.4 is 14.8 Å². The van der Waals surface area contributed by atoms with E-state index < -0.39 is 67.2 Å². The first-order valence-corrected chi connectivity index (χ1v) is 11.2. The fourth-order valence-corrected chi connectivity index (χ4v) is 3.39. The van der Waals surface area contributed by atoms with E-state index in [2.05, 4.69) is 10.0 Å². The molecule has 0 bridgehead atoms. The topological polar surface area (TPSA) is 184 Å². The number of ether oxygens (including phenoxy) is 6. The largest absolute Gasteiger partial charge is 0.493 e. The third-order valence-corrected chi connectivity index (χ3v) is 4.86. The first kappa shape index (κ1) is 31.0. The molecule has 214 valence electrons. The summed E-state index contributed by atoms with van der Waals surface area (Å²) in [5.74, 6) is -4.73. The van der Waals surface area contributed by atoms with Crippen molar-refractivity contribution >= 4 is 23.8 Å². The molecule has 0 saturated carbocycles. The van der Waals surface area contributed by atoms with E-state index in [9.17, 15) is 32.3 Å². The summed E-state index contributed by atoms with van der Waals surface area (Å²) >= 11 is 0. The minimum Gasteiger partial charge on any atom is -0.493 e. The Hall–Kier alpha value is -4.24. The van der Waals surface area contributed by atoms with Gasteiger partial charge in [0.1, 0.15) is 30.3 Å². The van der Waals surface area contributed by atoms with E-state index in [0.29, 0.717) is 5.75 Å². The maximum atomic E-state index is 13.2. The number of amides is 1. The molecule has 39 heavy (non-hydrogen) atoms. The molecule has 0 unspecified atom stereocenters. The van der Waals surface area contributed by atoms with Crippen molar-refractivity contribution in [2.24, 2.45) is 5.11 Å². The highest BCUT2D eigenvalue weighted by atomic mass is 19.4. The molecular weight excluding hydrogens is 537 g/mol. The van der Waals surface area contributed by atoms with Crippen LogP contribution in [0.1, 0.15) is 20.8 Å². The van der Waals surface area contributed by atoms with Crippen LogP contribution in [0.5, 0.6) is 11.5 Å². The molecule has 1 amide bonds. The van der Waals surface area contributed by atoms with Crippen molar-refractivity contribution in [3.63, 3.8) is 0 Å². The number of hydrogen-bond donors (Lipinski definition) is 1. The van der Waals surface area contributed by atoms with Crippen molar-refractivity contribution in [3.05, 3.63) is 34.7 Å². The van der Waals surface area contributed by atoms with Crippen molar-refractivity contribution in [2.75, 3.05) is 19.8 Å². The Morgan fingerprint density at radius 1 is 1.00 bits per heavy atom. The second-order valence-electron chi connectivity index (χ2n) is 7.88. The number of nitrogens with zero attached hydrogens (tertiary/aromatic N) is 3. The SMILES string of the molecule is CC(=O)OC[C@H]1O[C@@H](Oc2ccc(OCCN=[N+]=[N-])cc2)[C@H](NC(=O)C(F)(F)F)[C@@H](OC(C)=O)[C@@H]1OC(C)=O. The first-order chi connectivity index (χ1) is 18.3.